The van der Waals surface area contributed by atoms with Crippen LogP contribution in [0.3, 0.4) is 0 Å². The van der Waals surface area contributed by atoms with Crippen molar-refractivity contribution in [1.29, 1.82) is 0 Å². The predicted octanol–water partition coefficient (Wildman–Crippen LogP) is 3.91. The number of hydrogen-bond donors (Lipinski definition) is 2. The Morgan fingerprint density at radius 2 is 1.83 bits per heavy atom. The number of nitrogens with zero attached hydrogens (tertiary/aromatic N) is 1. The zero-order valence-electron chi connectivity index (χ0n) is 16.3. The lowest BCUT2D eigenvalue weighted by Gasteiger charge is -2.26. The largest absolute Gasteiger partial charge is 0.495 e. The number of rotatable bonds is 8. The van der Waals surface area contributed by atoms with E-state index in [-0.39, 0.29) is 6.54 Å². The summed E-state index contributed by atoms with van der Waals surface area (Å²) < 4.78 is 32.6. The fourth-order valence-corrected chi connectivity index (χ4v) is 2.86. The van der Waals surface area contributed by atoms with Crippen LogP contribution in [-0.2, 0) is 9.59 Å². The molecule has 1 atom stereocenters. The molecule has 0 aromatic heterocycles. The topological polar surface area (TPSA) is 70.7 Å². The highest BCUT2D eigenvalue weighted by atomic mass is 35.5. The van der Waals surface area contributed by atoms with Gasteiger partial charge in [0.05, 0.1) is 25.4 Å². The Bertz CT molecular complexity index is 875. The summed E-state index contributed by atoms with van der Waals surface area (Å²) in [5.41, 5.74) is -0.125. The van der Waals surface area contributed by atoms with Crippen LogP contribution >= 0.6 is 11.6 Å². The first-order valence-corrected chi connectivity index (χ1v) is 9.26. The summed E-state index contributed by atoms with van der Waals surface area (Å²) >= 11 is 5.97. The first-order valence-electron chi connectivity index (χ1n) is 8.89. The van der Waals surface area contributed by atoms with E-state index in [1.165, 1.54) is 13.2 Å². The number of halogens is 3. The first-order chi connectivity index (χ1) is 13.8. The van der Waals surface area contributed by atoms with Gasteiger partial charge in [-0.05, 0) is 43.8 Å². The molecule has 1 unspecified atom stereocenters. The molecule has 156 valence electrons. The lowest BCUT2D eigenvalue weighted by atomic mass is 10.2. The molecule has 29 heavy (non-hydrogen) atoms. The Kier molecular flexibility index (Phi) is 7.92. The summed E-state index contributed by atoms with van der Waals surface area (Å²) in [6.07, 6.45) is 0. The summed E-state index contributed by atoms with van der Waals surface area (Å²) in [5, 5.41) is 5.35. The maximum Gasteiger partial charge on any atom is 0.241 e. The summed E-state index contributed by atoms with van der Waals surface area (Å²) in [7, 11) is 1.47. The van der Waals surface area contributed by atoms with E-state index in [9.17, 15) is 18.4 Å². The average molecular weight is 426 g/mol. The van der Waals surface area contributed by atoms with E-state index in [0.29, 0.717) is 23.0 Å². The molecule has 2 amide bonds. The highest BCUT2D eigenvalue weighted by molar-refractivity contribution is 6.31. The standard InChI is InChI=1S/C20H22ClF2N3O3/c1-4-26(11-18(27)25-19-14(22)6-5-7-15(19)23)12(2)20(28)24-16-10-13(21)8-9-17(16)29-3/h5-10,12H,4,11H2,1-3H3,(H,24,28)(H,25,27). The molecule has 0 aliphatic heterocycles. The number of methoxy groups -OCH3 is 1. The Morgan fingerprint density at radius 1 is 1.17 bits per heavy atom. The van der Waals surface area contributed by atoms with E-state index in [1.54, 1.807) is 36.9 Å². The predicted molar refractivity (Wildman–Crippen MR) is 108 cm³/mol. The molecule has 0 aliphatic rings. The number of anilines is 2. The number of hydrogen-bond acceptors (Lipinski definition) is 4. The second-order valence-corrected chi connectivity index (χ2v) is 6.65. The van der Waals surface area contributed by atoms with Crippen molar-refractivity contribution in [2.24, 2.45) is 0 Å². The summed E-state index contributed by atoms with van der Waals surface area (Å²) in [5.74, 6) is -2.35. The molecule has 2 aromatic carbocycles. The Labute approximate surface area is 172 Å². The summed E-state index contributed by atoms with van der Waals surface area (Å²) in [4.78, 5) is 26.5. The molecule has 0 heterocycles. The quantitative estimate of drug-likeness (QED) is 0.672. The van der Waals surface area contributed by atoms with Crippen molar-refractivity contribution in [3.63, 3.8) is 0 Å². The summed E-state index contributed by atoms with van der Waals surface area (Å²) in [6, 6.07) is 7.39. The first kappa shape index (κ1) is 22.6. The lowest BCUT2D eigenvalue weighted by Crippen LogP contribution is -2.45. The van der Waals surface area contributed by atoms with Crippen LogP contribution in [0.5, 0.6) is 5.75 Å². The van der Waals surface area contributed by atoms with E-state index in [2.05, 4.69) is 10.6 Å². The van der Waals surface area contributed by atoms with E-state index in [1.807, 2.05) is 0 Å². The van der Waals surface area contributed by atoms with E-state index in [4.69, 9.17) is 16.3 Å². The van der Waals surface area contributed by atoms with Crippen LogP contribution in [0.4, 0.5) is 20.2 Å². The molecule has 2 aromatic rings. The van der Waals surface area contributed by atoms with Gasteiger partial charge in [0.15, 0.2) is 0 Å². The molecule has 0 fully saturated rings. The van der Waals surface area contributed by atoms with Crippen molar-refractivity contribution in [3.8, 4) is 5.75 Å². The van der Waals surface area contributed by atoms with E-state index >= 15 is 0 Å². The van der Waals surface area contributed by atoms with Crippen molar-refractivity contribution in [2.75, 3.05) is 30.8 Å². The van der Waals surface area contributed by atoms with Crippen molar-refractivity contribution in [1.82, 2.24) is 4.90 Å². The fourth-order valence-electron chi connectivity index (χ4n) is 2.68. The number of carbonyl (C=O) groups excluding carboxylic acids is 2. The number of likely N-dealkylation sites (N-methyl/N-ethyl adjacent to an activating group) is 1. The molecule has 0 spiro atoms. The van der Waals surface area contributed by atoms with Crippen LogP contribution in [0.15, 0.2) is 36.4 Å². The molecule has 0 radical (unpaired) electrons. The molecule has 0 bridgehead atoms. The molecule has 0 aliphatic carbocycles. The van der Waals surface area contributed by atoms with Crippen LogP contribution in [0.1, 0.15) is 13.8 Å². The smallest absolute Gasteiger partial charge is 0.241 e. The second-order valence-electron chi connectivity index (χ2n) is 6.22. The maximum atomic E-state index is 13.7. The van der Waals surface area contributed by atoms with Crippen molar-refractivity contribution >= 4 is 34.8 Å². The normalized spacial score (nSPS) is 11.8. The van der Waals surface area contributed by atoms with Crippen LogP contribution in [-0.4, -0.2) is 43.0 Å². The molecular formula is C20H22ClF2N3O3. The van der Waals surface area contributed by atoms with Gasteiger partial charge in [-0.3, -0.25) is 14.5 Å². The molecule has 0 saturated heterocycles. The minimum atomic E-state index is -0.875. The third-order valence-electron chi connectivity index (χ3n) is 4.33. The third-order valence-corrected chi connectivity index (χ3v) is 4.56. The van der Waals surface area contributed by atoms with Crippen molar-refractivity contribution in [3.05, 3.63) is 53.1 Å². The number of carbonyl (C=O) groups is 2. The van der Waals surface area contributed by atoms with Gasteiger partial charge in [0.1, 0.15) is 23.1 Å². The Balaban J connectivity index is 2.06. The van der Waals surface area contributed by atoms with Crippen LogP contribution in [0.25, 0.3) is 0 Å². The Morgan fingerprint density at radius 3 is 2.41 bits per heavy atom. The van der Waals surface area contributed by atoms with Crippen molar-refractivity contribution in [2.45, 2.75) is 19.9 Å². The molecule has 6 nitrogen and oxygen atoms in total. The summed E-state index contributed by atoms with van der Waals surface area (Å²) in [6.45, 7) is 3.51. The number of amides is 2. The SMILES string of the molecule is CCN(CC(=O)Nc1c(F)cccc1F)C(C)C(=O)Nc1cc(Cl)ccc1OC. The van der Waals surface area contributed by atoms with Crippen LogP contribution in [0.2, 0.25) is 5.02 Å². The third kappa shape index (κ3) is 5.88. The molecular weight excluding hydrogens is 404 g/mol. The van der Waals surface area contributed by atoms with Gasteiger partial charge in [-0.1, -0.05) is 24.6 Å². The van der Waals surface area contributed by atoms with Gasteiger partial charge in [-0.25, -0.2) is 8.78 Å². The van der Waals surface area contributed by atoms with Crippen LogP contribution in [0, 0.1) is 11.6 Å². The maximum absolute atomic E-state index is 13.7. The molecule has 9 heteroatoms. The van der Waals surface area contributed by atoms with Gasteiger partial charge in [0.2, 0.25) is 11.8 Å². The minimum absolute atomic E-state index is 0.231. The molecule has 0 saturated carbocycles. The number of para-hydroxylation sites is 1. The molecule has 2 N–H and O–H groups in total. The number of benzene rings is 2. The fraction of sp³-hybridized carbons (Fsp3) is 0.300. The highest BCUT2D eigenvalue weighted by Gasteiger charge is 2.24. The Hall–Kier alpha value is -2.71. The highest BCUT2D eigenvalue weighted by Crippen LogP contribution is 2.28. The monoisotopic (exact) mass is 425 g/mol. The van der Waals surface area contributed by atoms with Crippen molar-refractivity contribution < 1.29 is 23.1 Å². The van der Waals surface area contributed by atoms with Gasteiger partial charge in [-0.15, -0.1) is 0 Å². The van der Waals surface area contributed by atoms with Gasteiger partial charge < -0.3 is 15.4 Å². The van der Waals surface area contributed by atoms with E-state index in [0.717, 1.165) is 12.1 Å². The van der Waals surface area contributed by atoms with Gasteiger partial charge in [-0.2, -0.15) is 0 Å². The van der Waals surface area contributed by atoms with Gasteiger partial charge >= 0.3 is 0 Å². The minimum Gasteiger partial charge on any atom is -0.495 e. The molecule has 2 rings (SSSR count). The zero-order valence-corrected chi connectivity index (χ0v) is 17.0. The average Bonchev–Trinajstić information content (AvgIpc) is 2.68. The number of ether oxygens (including phenoxy) is 1. The number of nitrogens with one attached hydrogen (secondary N) is 2. The van der Waals surface area contributed by atoms with Gasteiger partial charge in [0, 0.05) is 5.02 Å². The van der Waals surface area contributed by atoms with E-state index < -0.39 is 35.2 Å². The second kappa shape index (κ2) is 10.2. The van der Waals surface area contributed by atoms with Crippen LogP contribution < -0.4 is 15.4 Å². The van der Waals surface area contributed by atoms with Gasteiger partial charge in [0.25, 0.3) is 0 Å². The lowest BCUT2D eigenvalue weighted by molar-refractivity contribution is -0.123. The zero-order chi connectivity index (χ0) is 21.6.